The fraction of sp³-hybridized carbons (Fsp3) is 0.493. The molecule has 4 aliphatic carbocycles. The summed E-state index contributed by atoms with van der Waals surface area (Å²) in [6, 6.07) is 38.6. The molecule has 0 saturated carbocycles. The molecule has 0 atom stereocenters. The van der Waals surface area contributed by atoms with Gasteiger partial charge in [0.25, 0.3) is 6.71 Å². The molecule has 13 rings (SSSR count). The van der Waals surface area contributed by atoms with Gasteiger partial charge in [0, 0.05) is 43.2 Å². The van der Waals surface area contributed by atoms with Gasteiger partial charge in [0.15, 0.2) is 0 Å². The lowest BCUT2D eigenvalue weighted by atomic mass is 9.35. The lowest BCUT2D eigenvalue weighted by molar-refractivity contribution is 0.331. The van der Waals surface area contributed by atoms with E-state index in [4.69, 9.17) is 0 Å². The van der Waals surface area contributed by atoms with Crippen LogP contribution in [0.25, 0.3) is 21.2 Å². The van der Waals surface area contributed by atoms with Gasteiger partial charge in [-0.1, -0.05) is 168 Å². The van der Waals surface area contributed by atoms with E-state index in [1.54, 1.807) is 11.1 Å². The summed E-state index contributed by atoms with van der Waals surface area (Å²) < 4.78 is 2.90. The Morgan fingerprint density at radius 1 is 0.430 bits per heavy atom. The van der Waals surface area contributed by atoms with E-state index >= 15 is 0 Å². The molecular weight excluding hydrogens is 972 g/mol. The predicted octanol–water partition coefficient (Wildman–Crippen LogP) is 19.7. The Balaban J connectivity index is 1.20. The molecule has 0 unspecified atom stereocenters. The monoisotopic (exact) mass is 1060 g/mol. The number of rotatable bonds is 3. The topological polar surface area (TPSA) is 6.48 Å². The molecule has 0 N–H and O–H groups in total. The Morgan fingerprint density at radius 3 is 1.43 bits per heavy atom. The number of nitrogens with zero attached hydrogens (tertiary/aromatic N) is 2. The first kappa shape index (κ1) is 53.3. The van der Waals surface area contributed by atoms with Crippen LogP contribution in [0.3, 0.4) is 0 Å². The van der Waals surface area contributed by atoms with Crippen molar-refractivity contribution < 1.29 is 0 Å². The van der Waals surface area contributed by atoms with Crippen molar-refractivity contribution in [3.8, 4) is 11.1 Å². The zero-order chi connectivity index (χ0) is 56.5. The minimum atomic E-state index is 0.00878. The normalized spacial score (nSPS) is 21.7. The van der Waals surface area contributed by atoms with Crippen molar-refractivity contribution in [2.24, 2.45) is 0 Å². The van der Waals surface area contributed by atoms with Crippen LogP contribution in [0.4, 0.5) is 34.1 Å². The third-order valence-corrected chi connectivity index (χ3v) is 23.3. The Hall–Kier alpha value is -5.06. The highest BCUT2D eigenvalue weighted by Crippen LogP contribution is 2.59. The van der Waals surface area contributed by atoms with Gasteiger partial charge < -0.3 is 9.80 Å². The second kappa shape index (κ2) is 16.6. The van der Waals surface area contributed by atoms with E-state index in [1.165, 1.54) is 167 Å². The van der Waals surface area contributed by atoms with Gasteiger partial charge in [-0.15, -0.1) is 11.3 Å². The second-order valence-corrected chi connectivity index (χ2v) is 33.6. The minimum Gasteiger partial charge on any atom is -0.311 e. The summed E-state index contributed by atoms with van der Waals surface area (Å²) in [6.45, 7) is 49.8. The van der Waals surface area contributed by atoms with Crippen LogP contribution in [-0.4, -0.2) is 6.71 Å². The Bertz CT molecular complexity index is 3740. The fourth-order valence-corrected chi connectivity index (χ4v) is 17.7. The predicted molar refractivity (Wildman–Crippen MR) is 346 cm³/mol. The molecule has 1 aromatic heterocycles. The molecule has 0 fully saturated rings. The van der Waals surface area contributed by atoms with Gasteiger partial charge in [-0.25, -0.2) is 0 Å². The molecule has 2 aliphatic heterocycles. The molecule has 0 radical (unpaired) electrons. The van der Waals surface area contributed by atoms with Gasteiger partial charge in [0.2, 0.25) is 0 Å². The van der Waals surface area contributed by atoms with Gasteiger partial charge in [-0.05, 0) is 234 Å². The SMILES string of the molecule is Cc1cc2c3c(c1)N(c1ccc(C(C)(C)C)cc1)c1c(sc4cc5c(cc14)C(C)(C)CCC5(C)C)B3c1cc3c(cc1N2c1cc2c(cc1-c1cccc4c1C(C)(C)CCC4(C)C)C(C)(C)CCC2(C)C)C(C)(C)CCC3(C)C. The number of anilines is 6. The Morgan fingerprint density at radius 2 is 0.886 bits per heavy atom. The quantitative estimate of drug-likeness (QED) is 0.163. The Kier molecular flexibility index (Phi) is 11.2. The largest absolute Gasteiger partial charge is 0.311 e. The van der Waals surface area contributed by atoms with Crippen LogP contribution in [0, 0.1) is 6.92 Å². The number of aryl methyl sites for hydroxylation is 1. The van der Waals surface area contributed by atoms with Crippen LogP contribution < -0.4 is 25.5 Å². The van der Waals surface area contributed by atoms with E-state index in [9.17, 15) is 0 Å². The summed E-state index contributed by atoms with van der Waals surface area (Å²) in [6.07, 6.45) is 9.44. The smallest absolute Gasteiger partial charge is 0.264 e. The molecule has 2 nitrogen and oxygen atoms in total. The van der Waals surface area contributed by atoms with Gasteiger partial charge in [0.1, 0.15) is 0 Å². The molecule has 410 valence electrons. The molecule has 6 aliphatic rings. The van der Waals surface area contributed by atoms with Crippen LogP contribution in [0.5, 0.6) is 0 Å². The lowest BCUT2D eigenvalue weighted by Gasteiger charge is -2.48. The molecule has 3 heterocycles. The summed E-state index contributed by atoms with van der Waals surface area (Å²) in [4.78, 5) is 5.59. The zero-order valence-corrected chi connectivity index (χ0v) is 53.0. The Labute approximate surface area is 481 Å². The van der Waals surface area contributed by atoms with Crippen LogP contribution in [0.15, 0.2) is 91.0 Å². The number of hydrogen-bond donors (Lipinski definition) is 0. The molecule has 6 aromatic carbocycles. The first-order valence-electron chi connectivity index (χ1n) is 30.6. The second-order valence-electron chi connectivity index (χ2n) is 32.5. The van der Waals surface area contributed by atoms with Crippen molar-refractivity contribution in [2.45, 2.75) is 239 Å². The highest BCUT2D eigenvalue weighted by Gasteiger charge is 2.50. The highest BCUT2D eigenvalue weighted by atomic mass is 32.1. The maximum atomic E-state index is 2.85. The highest BCUT2D eigenvalue weighted by molar-refractivity contribution is 7.33. The summed E-state index contributed by atoms with van der Waals surface area (Å²) in [5, 5.41) is 1.41. The maximum absolute atomic E-state index is 2.85. The standard InChI is InChI=1S/C75H91BN2S/c1-44-36-60-64-61(37-44)78(58-41-54-51(69(7,8)28-31-72(54,13)14)38-48(58)47-22-21-23-50-63(47)75(19,20)35-34-68(50,5)6)59-42-55-53(71(11,12)30-32-73(55,15)16)40-57(59)76(64)66-65(77(60)46-26-24-45(25-27-46)67(2,3)4)49-39-52-56(43-62(49)79-66)74(17,18)33-29-70(52,9)10/h21-27,36-43H,28-35H2,1-20H3. The van der Waals surface area contributed by atoms with Gasteiger partial charge in [0.05, 0.1) is 11.4 Å². The van der Waals surface area contributed by atoms with Crippen molar-refractivity contribution in [2.75, 3.05) is 9.80 Å². The lowest BCUT2D eigenvalue weighted by Crippen LogP contribution is -2.61. The molecule has 0 amide bonds. The van der Waals surface area contributed by atoms with Gasteiger partial charge in [-0.2, -0.15) is 0 Å². The average molecular weight is 1060 g/mol. The van der Waals surface area contributed by atoms with Crippen LogP contribution in [0.2, 0.25) is 0 Å². The van der Waals surface area contributed by atoms with Crippen molar-refractivity contribution >= 4 is 78.0 Å². The van der Waals surface area contributed by atoms with Crippen molar-refractivity contribution in [3.05, 3.63) is 147 Å². The van der Waals surface area contributed by atoms with E-state index in [0.29, 0.717) is 0 Å². The number of benzene rings is 6. The van der Waals surface area contributed by atoms with E-state index in [0.717, 1.165) is 0 Å². The van der Waals surface area contributed by atoms with Crippen LogP contribution in [0.1, 0.15) is 239 Å². The van der Waals surface area contributed by atoms with Gasteiger partial charge in [-0.3, -0.25) is 0 Å². The first-order valence-corrected chi connectivity index (χ1v) is 31.4. The maximum Gasteiger partial charge on any atom is 0.264 e. The molecule has 7 aromatic rings. The van der Waals surface area contributed by atoms with E-state index in [2.05, 4.69) is 251 Å². The molecule has 0 saturated heterocycles. The van der Waals surface area contributed by atoms with Crippen LogP contribution in [-0.2, 0) is 48.7 Å². The fourth-order valence-electron chi connectivity index (χ4n) is 16.3. The molecule has 0 spiro atoms. The third-order valence-electron chi connectivity index (χ3n) is 22.1. The summed E-state index contributed by atoms with van der Waals surface area (Å²) in [5.74, 6) is 0. The first-order chi connectivity index (χ1) is 36.6. The van der Waals surface area contributed by atoms with E-state index in [-0.39, 0.29) is 55.4 Å². The van der Waals surface area contributed by atoms with Crippen molar-refractivity contribution in [1.29, 1.82) is 0 Å². The number of fused-ring (bicyclic) bond motifs is 10. The summed E-state index contributed by atoms with van der Waals surface area (Å²) in [5.41, 5.74) is 29.0. The van der Waals surface area contributed by atoms with Crippen LogP contribution >= 0.6 is 11.3 Å². The number of hydrogen-bond acceptors (Lipinski definition) is 3. The third kappa shape index (κ3) is 7.80. The van der Waals surface area contributed by atoms with Gasteiger partial charge >= 0.3 is 0 Å². The molecule has 4 heteroatoms. The van der Waals surface area contributed by atoms with E-state index < -0.39 is 0 Å². The molecule has 0 bridgehead atoms. The number of thiophene rings is 1. The summed E-state index contributed by atoms with van der Waals surface area (Å²) in [7, 11) is 0. The van der Waals surface area contributed by atoms with Crippen molar-refractivity contribution in [3.63, 3.8) is 0 Å². The van der Waals surface area contributed by atoms with Crippen molar-refractivity contribution in [1.82, 2.24) is 0 Å². The van der Waals surface area contributed by atoms with E-state index in [1.807, 2.05) is 0 Å². The molecular formula is C75H91BN2S. The molecule has 79 heavy (non-hydrogen) atoms. The average Bonchev–Trinajstić information content (AvgIpc) is 2.93. The minimum absolute atomic E-state index is 0.00878. The summed E-state index contributed by atoms with van der Waals surface area (Å²) >= 11 is 2.09. The zero-order valence-electron chi connectivity index (χ0n) is 52.2.